The summed E-state index contributed by atoms with van der Waals surface area (Å²) in [4.78, 5) is 12.7. The molecule has 0 unspecified atom stereocenters. The molecule has 0 atom stereocenters. The molecule has 21 heavy (non-hydrogen) atoms. The minimum Gasteiger partial charge on any atom is -0.409 e. The number of carbonyl (C=O) groups excluding carboxylic acids is 1. The maximum atomic E-state index is 12.7. The van der Waals surface area contributed by atoms with Crippen molar-refractivity contribution in [2.45, 2.75) is 12.8 Å². The Labute approximate surface area is 139 Å². The molecule has 114 valence electrons. The molecule has 0 saturated carbocycles. The van der Waals surface area contributed by atoms with Crippen LogP contribution in [0.2, 0.25) is 0 Å². The van der Waals surface area contributed by atoms with Gasteiger partial charge in [0.15, 0.2) is 5.84 Å². The van der Waals surface area contributed by atoms with Crippen molar-refractivity contribution in [3.05, 3.63) is 27.1 Å². The molecule has 1 aliphatic heterocycles. The molecule has 6 nitrogen and oxygen atoms in total. The quantitative estimate of drug-likeness (QED) is 0.303. The van der Waals surface area contributed by atoms with Crippen LogP contribution in [0.5, 0.6) is 0 Å². The van der Waals surface area contributed by atoms with E-state index in [1.165, 1.54) is 0 Å². The summed E-state index contributed by atoms with van der Waals surface area (Å²) < 4.78 is 6.91. The molecule has 0 aromatic heterocycles. The Kier molecular flexibility index (Phi) is 5.23. The predicted octanol–water partition coefficient (Wildman–Crippen LogP) is 2.69. The van der Waals surface area contributed by atoms with Crippen LogP contribution in [0.1, 0.15) is 12.8 Å². The van der Waals surface area contributed by atoms with E-state index in [1.54, 1.807) is 6.07 Å². The Bertz CT molecular complexity index is 572. The van der Waals surface area contributed by atoms with Gasteiger partial charge in [0.1, 0.15) is 5.41 Å². The highest BCUT2D eigenvalue weighted by Crippen LogP contribution is 2.34. The number of anilines is 1. The third-order valence-electron chi connectivity index (χ3n) is 3.56. The van der Waals surface area contributed by atoms with Gasteiger partial charge in [0.25, 0.3) is 0 Å². The van der Waals surface area contributed by atoms with Crippen LogP contribution < -0.4 is 11.1 Å². The fraction of sp³-hybridized carbons (Fsp3) is 0.385. The van der Waals surface area contributed by atoms with Gasteiger partial charge in [0, 0.05) is 22.2 Å². The van der Waals surface area contributed by atoms with Gasteiger partial charge in [-0.3, -0.25) is 4.79 Å². The normalized spacial score (nSPS) is 18.3. The van der Waals surface area contributed by atoms with Crippen molar-refractivity contribution in [2.75, 3.05) is 18.5 Å². The molecule has 4 N–H and O–H groups in total. The summed E-state index contributed by atoms with van der Waals surface area (Å²) in [5.74, 6) is -0.388. The van der Waals surface area contributed by atoms with Gasteiger partial charge in [0.05, 0.1) is 5.69 Å². The zero-order valence-electron chi connectivity index (χ0n) is 11.1. The number of carbonyl (C=O) groups is 1. The average molecular weight is 421 g/mol. The predicted molar refractivity (Wildman–Crippen MR) is 86.4 cm³/mol. The van der Waals surface area contributed by atoms with Crippen molar-refractivity contribution in [2.24, 2.45) is 16.3 Å². The largest absolute Gasteiger partial charge is 0.409 e. The van der Waals surface area contributed by atoms with Crippen molar-refractivity contribution in [1.29, 1.82) is 0 Å². The molecule has 0 bridgehead atoms. The van der Waals surface area contributed by atoms with E-state index in [4.69, 9.17) is 15.7 Å². The molecule has 1 fully saturated rings. The Morgan fingerprint density at radius 1 is 1.38 bits per heavy atom. The third-order valence-corrected chi connectivity index (χ3v) is 4.71. The maximum Gasteiger partial charge on any atom is 0.238 e. The fourth-order valence-electron chi connectivity index (χ4n) is 2.25. The maximum absolute atomic E-state index is 12.7. The monoisotopic (exact) mass is 419 g/mol. The fourth-order valence-corrected chi connectivity index (χ4v) is 3.39. The van der Waals surface area contributed by atoms with Crippen LogP contribution in [0.15, 0.2) is 32.3 Å². The van der Waals surface area contributed by atoms with Crippen LogP contribution in [-0.2, 0) is 9.53 Å². The molecule has 1 aliphatic rings. The van der Waals surface area contributed by atoms with Crippen LogP contribution >= 0.6 is 31.9 Å². The first kappa shape index (κ1) is 16.3. The van der Waals surface area contributed by atoms with E-state index >= 15 is 0 Å². The highest BCUT2D eigenvalue weighted by Gasteiger charge is 2.44. The first-order valence-electron chi connectivity index (χ1n) is 6.32. The topological polar surface area (TPSA) is 96.9 Å². The SMILES string of the molecule is NC(=NO)C1(C(=O)Nc2ccc(Br)cc2Br)CCOCC1. The molecule has 1 saturated heterocycles. The lowest BCUT2D eigenvalue weighted by Crippen LogP contribution is -2.50. The number of hydrogen-bond donors (Lipinski definition) is 3. The number of rotatable bonds is 3. The summed E-state index contributed by atoms with van der Waals surface area (Å²) in [6.45, 7) is 0.788. The molecule has 1 aromatic rings. The third kappa shape index (κ3) is 3.38. The van der Waals surface area contributed by atoms with Crippen LogP contribution in [0.25, 0.3) is 0 Å². The highest BCUT2D eigenvalue weighted by atomic mass is 79.9. The molecule has 0 aliphatic carbocycles. The Balaban J connectivity index is 2.27. The van der Waals surface area contributed by atoms with Gasteiger partial charge in [-0.1, -0.05) is 21.1 Å². The van der Waals surface area contributed by atoms with Crippen molar-refractivity contribution in [3.8, 4) is 0 Å². The second-order valence-electron chi connectivity index (χ2n) is 4.76. The summed E-state index contributed by atoms with van der Waals surface area (Å²) in [5, 5.41) is 14.9. The smallest absolute Gasteiger partial charge is 0.238 e. The number of nitrogens with zero attached hydrogens (tertiary/aromatic N) is 1. The lowest BCUT2D eigenvalue weighted by atomic mass is 9.78. The van der Waals surface area contributed by atoms with Crippen molar-refractivity contribution >= 4 is 49.3 Å². The van der Waals surface area contributed by atoms with Gasteiger partial charge in [-0.2, -0.15) is 0 Å². The van der Waals surface area contributed by atoms with Crippen LogP contribution in [0.4, 0.5) is 5.69 Å². The van der Waals surface area contributed by atoms with Gasteiger partial charge >= 0.3 is 0 Å². The zero-order valence-corrected chi connectivity index (χ0v) is 14.3. The second kappa shape index (κ2) is 6.76. The standard InChI is InChI=1S/C13H15Br2N3O3/c14-8-1-2-10(9(15)7-8)17-12(19)13(11(16)18-20)3-5-21-6-4-13/h1-2,7,20H,3-6H2,(H2,16,18)(H,17,19). The number of amides is 1. The van der Waals surface area contributed by atoms with E-state index in [0.29, 0.717) is 31.7 Å². The minimum atomic E-state index is -1.04. The van der Waals surface area contributed by atoms with Crippen molar-refractivity contribution < 1.29 is 14.7 Å². The summed E-state index contributed by atoms with van der Waals surface area (Å²) in [6, 6.07) is 5.42. The van der Waals surface area contributed by atoms with E-state index in [9.17, 15) is 4.79 Å². The number of benzene rings is 1. The number of ether oxygens (including phenoxy) is 1. The lowest BCUT2D eigenvalue weighted by molar-refractivity contribution is -0.126. The number of nitrogens with two attached hydrogens (primary N) is 1. The summed E-state index contributed by atoms with van der Waals surface area (Å²) in [6.07, 6.45) is 0.756. The number of hydrogen-bond acceptors (Lipinski definition) is 4. The molecule has 1 aromatic carbocycles. The summed E-state index contributed by atoms with van der Waals surface area (Å²) in [7, 11) is 0. The first-order chi connectivity index (χ1) is 9.99. The Morgan fingerprint density at radius 3 is 2.62 bits per heavy atom. The lowest BCUT2D eigenvalue weighted by Gasteiger charge is -2.34. The zero-order chi connectivity index (χ0) is 15.5. The number of oxime groups is 1. The van der Waals surface area contributed by atoms with E-state index in [-0.39, 0.29) is 11.7 Å². The number of nitrogens with one attached hydrogen (secondary N) is 1. The molecule has 1 heterocycles. The van der Waals surface area contributed by atoms with E-state index in [2.05, 4.69) is 42.3 Å². The molecular formula is C13H15Br2N3O3. The Hall–Kier alpha value is -1.12. The number of amidine groups is 1. The summed E-state index contributed by atoms with van der Waals surface area (Å²) in [5.41, 5.74) is 5.35. The second-order valence-corrected chi connectivity index (χ2v) is 6.53. The molecule has 2 rings (SSSR count). The minimum absolute atomic E-state index is 0.0865. The Morgan fingerprint density at radius 2 is 2.05 bits per heavy atom. The molecule has 1 amide bonds. The van der Waals surface area contributed by atoms with Gasteiger partial charge in [-0.05, 0) is 47.0 Å². The highest BCUT2D eigenvalue weighted by molar-refractivity contribution is 9.11. The van der Waals surface area contributed by atoms with Gasteiger partial charge in [-0.25, -0.2) is 0 Å². The van der Waals surface area contributed by atoms with E-state index in [1.807, 2.05) is 12.1 Å². The van der Waals surface area contributed by atoms with Gasteiger partial charge < -0.3 is 21.0 Å². The van der Waals surface area contributed by atoms with E-state index < -0.39 is 5.41 Å². The van der Waals surface area contributed by atoms with Crippen LogP contribution in [0.3, 0.4) is 0 Å². The first-order valence-corrected chi connectivity index (χ1v) is 7.90. The molecule has 8 heteroatoms. The summed E-state index contributed by atoms with van der Waals surface area (Å²) >= 11 is 6.74. The van der Waals surface area contributed by atoms with Crippen molar-refractivity contribution in [1.82, 2.24) is 0 Å². The average Bonchev–Trinajstić information content (AvgIpc) is 2.49. The molecular weight excluding hydrogens is 406 g/mol. The van der Waals surface area contributed by atoms with E-state index in [0.717, 1.165) is 8.95 Å². The van der Waals surface area contributed by atoms with Crippen LogP contribution in [-0.4, -0.2) is 30.2 Å². The van der Waals surface area contributed by atoms with Crippen LogP contribution in [0, 0.1) is 5.41 Å². The molecule has 0 spiro atoms. The molecule has 0 radical (unpaired) electrons. The van der Waals surface area contributed by atoms with Crippen molar-refractivity contribution in [3.63, 3.8) is 0 Å². The number of halogens is 2. The van der Waals surface area contributed by atoms with Gasteiger partial charge in [0.2, 0.25) is 5.91 Å². The van der Waals surface area contributed by atoms with Gasteiger partial charge in [-0.15, -0.1) is 0 Å².